The summed E-state index contributed by atoms with van der Waals surface area (Å²) in [6, 6.07) is 0.622. The second-order valence-electron chi connectivity index (χ2n) is 17.3. The molecule has 4 aliphatic rings. The zero-order chi connectivity index (χ0) is 39.6. The third-order valence-corrected chi connectivity index (χ3v) is 12.7. The van der Waals surface area contributed by atoms with Gasteiger partial charge >= 0.3 is 18.0 Å². The minimum atomic E-state index is -1.30. The Labute approximate surface area is 324 Å². The Morgan fingerprint density at radius 3 is 2.39 bits per heavy atom. The molecule has 1 amide bonds. The molecule has 4 rings (SSSR count). The summed E-state index contributed by atoms with van der Waals surface area (Å²) < 4.78 is 24.9. The van der Waals surface area contributed by atoms with Gasteiger partial charge in [0.1, 0.15) is 6.10 Å². The normalized spacial score (nSPS) is 34.0. The van der Waals surface area contributed by atoms with Crippen molar-refractivity contribution in [1.82, 2.24) is 4.90 Å². The van der Waals surface area contributed by atoms with Crippen LogP contribution in [-0.2, 0) is 28.5 Å². The van der Waals surface area contributed by atoms with Crippen LogP contribution in [0.2, 0.25) is 0 Å². The number of hydrogen-bond donors (Lipinski definition) is 2. The van der Waals surface area contributed by atoms with Crippen molar-refractivity contribution in [2.45, 2.75) is 167 Å². The van der Waals surface area contributed by atoms with Crippen LogP contribution in [-0.4, -0.2) is 119 Å². The predicted octanol–water partition coefficient (Wildman–Crippen LogP) is 6.65. The van der Waals surface area contributed by atoms with Crippen LogP contribution < -0.4 is 0 Å². The molecule has 2 N–H and O–H groups in total. The molecule has 0 spiro atoms. The molecule has 0 bridgehead atoms. The van der Waals surface area contributed by atoms with Gasteiger partial charge in [-0.2, -0.15) is 0 Å². The van der Waals surface area contributed by atoms with E-state index in [1.165, 1.54) is 45.4 Å². The Morgan fingerprint density at radius 2 is 1.76 bits per heavy atom. The SMILES string of the molecule is CC[C@H](O)[C@@H](C)[C@H]1O[C@@H]1C[C@H](C)/C=C/C=C(\C)[C@H]1OC(=O)C[C@H](O)CC[C@@](C)(OC(=O)N2CC[N+](C)(C3CCCCCC3)CC2)[C@@H](OC(C)=O)/C=C/[C@@H]1C. The highest BCUT2D eigenvalue weighted by Gasteiger charge is 2.46. The number of aliphatic hydroxyl groups is 2. The topological polar surface area (TPSA) is 135 Å². The van der Waals surface area contributed by atoms with Crippen LogP contribution in [0.25, 0.3) is 0 Å². The smallest absolute Gasteiger partial charge is 0.410 e. The summed E-state index contributed by atoms with van der Waals surface area (Å²) in [5.74, 6) is -1.02. The van der Waals surface area contributed by atoms with Crippen LogP contribution >= 0.6 is 0 Å². The van der Waals surface area contributed by atoms with E-state index in [9.17, 15) is 24.6 Å². The molecule has 0 radical (unpaired) electrons. The third kappa shape index (κ3) is 12.4. The van der Waals surface area contributed by atoms with Gasteiger partial charge in [0.05, 0.1) is 70.1 Å². The molecule has 0 unspecified atom stereocenters. The van der Waals surface area contributed by atoms with Crippen LogP contribution in [0.5, 0.6) is 0 Å². The molecule has 0 aromatic heterocycles. The fraction of sp³-hybridized carbons (Fsp3) is 0.791. The van der Waals surface area contributed by atoms with Gasteiger partial charge in [0, 0.05) is 18.8 Å². The molecule has 3 fully saturated rings. The van der Waals surface area contributed by atoms with Crippen molar-refractivity contribution in [2.75, 3.05) is 33.2 Å². The minimum Gasteiger partial charge on any atom is -0.457 e. The first-order chi connectivity index (χ1) is 25.5. The maximum absolute atomic E-state index is 13.8. The number of cyclic esters (lactones) is 1. The molecular weight excluding hydrogens is 688 g/mol. The summed E-state index contributed by atoms with van der Waals surface area (Å²) in [5, 5.41) is 21.2. The fourth-order valence-corrected chi connectivity index (χ4v) is 8.68. The molecule has 11 nitrogen and oxygen atoms in total. The number of likely N-dealkylation sites (N-methyl/N-ethyl adjacent to an activating group) is 1. The lowest BCUT2D eigenvalue weighted by Gasteiger charge is -2.47. The zero-order valence-electron chi connectivity index (χ0n) is 34.4. The second-order valence-corrected chi connectivity index (χ2v) is 17.3. The van der Waals surface area contributed by atoms with Gasteiger partial charge in [0.25, 0.3) is 0 Å². The Hall–Kier alpha value is -2.73. The van der Waals surface area contributed by atoms with Crippen molar-refractivity contribution < 1.29 is 48.0 Å². The average Bonchev–Trinajstić information content (AvgIpc) is 3.94. The summed E-state index contributed by atoms with van der Waals surface area (Å²) in [6.45, 7) is 15.9. The van der Waals surface area contributed by atoms with Crippen molar-refractivity contribution in [2.24, 2.45) is 17.8 Å². The van der Waals surface area contributed by atoms with Gasteiger partial charge < -0.3 is 33.6 Å². The number of rotatable bonds is 11. The van der Waals surface area contributed by atoms with E-state index in [-0.39, 0.29) is 55.3 Å². The highest BCUT2D eigenvalue weighted by atomic mass is 16.6. The maximum Gasteiger partial charge on any atom is 0.410 e. The molecule has 2 saturated heterocycles. The number of amides is 1. The van der Waals surface area contributed by atoms with Gasteiger partial charge in [-0.25, -0.2) is 4.79 Å². The number of carbonyl (C=O) groups is 3. The highest BCUT2D eigenvalue weighted by molar-refractivity contribution is 5.71. The average molecular weight is 760 g/mol. The number of epoxide rings is 1. The Bertz CT molecular complexity index is 1330. The van der Waals surface area contributed by atoms with Gasteiger partial charge in [-0.3, -0.25) is 14.5 Å². The number of carbonyl (C=O) groups excluding carboxylic acids is 3. The first kappa shape index (κ1) is 44.0. The number of hydrogen-bond acceptors (Lipinski definition) is 9. The molecule has 0 aromatic carbocycles. The van der Waals surface area contributed by atoms with Gasteiger partial charge in [-0.15, -0.1) is 0 Å². The van der Waals surface area contributed by atoms with E-state index in [2.05, 4.69) is 20.0 Å². The van der Waals surface area contributed by atoms with Crippen molar-refractivity contribution in [3.8, 4) is 0 Å². The number of piperazine rings is 1. The maximum atomic E-state index is 13.8. The molecule has 3 heterocycles. The summed E-state index contributed by atoms with van der Waals surface area (Å²) >= 11 is 0. The van der Waals surface area contributed by atoms with Gasteiger partial charge in [-0.05, 0) is 82.8 Å². The quantitative estimate of drug-likeness (QED) is 0.0452. The Balaban J connectivity index is 1.46. The van der Waals surface area contributed by atoms with Gasteiger partial charge in [0.15, 0.2) is 11.7 Å². The number of ether oxygens (including phenoxy) is 4. The number of aliphatic hydroxyl groups excluding tert-OH is 2. The van der Waals surface area contributed by atoms with E-state index in [4.69, 9.17) is 18.9 Å². The van der Waals surface area contributed by atoms with Crippen molar-refractivity contribution in [3.63, 3.8) is 0 Å². The van der Waals surface area contributed by atoms with Crippen molar-refractivity contribution >= 4 is 18.0 Å². The zero-order valence-corrected chi connectivity index (χ0v) is 34.4. The van der Waals surface area contributed by atoms with Crippen LogP contribution in [0, 0.1) is 17.8 Å². The Morgan fingerprint density at radius 1 is 1.09 bits per heavy atom. The summed E-state index contributed by atoms with van der Waals surface area (Å²) in [5.41, 5.74) is -0.482. The molecule has 3 aliphatic heterocycles. The first-order valence-corrected chi connectivity index (χ1v) is 20.8. The lowest BCUT2D eigenvalue weighted by molar-refractivity contribution is -0.937. The predicted molar refractivity (Wildman–Crippen MR) is 208 cm³/mol. The van der Waals surface area contributed by atoms with E-state index < -0.39 is 41.9 Å². The molecule has 10 atom stereocenters. The molecule has 1 aliphatic carbocycles. The molecule has 0 aromatic rings. The van der Waals surface area contributed by atoms with Crippen molar-refractivity contribution in [3.05, 3.63) is 36.0 Å². The summed E-state index contributed by atoms with van der Waals surface area (Å²) in [7, 11) is 2.32. The van der Waals surface area contributed by atoms with Crippen LogP contribution in [0.3, 0.4) is 0 Å². The van der Waals surface area contributed by atoms with E-state index in [0.29, 0.717) is 25.6 Å². The molecule has 11 heteroatoms. The monoisotopic (exact) mass is 760 g/mol. The first-order valence-electron chi connectivity index (χ1n) is 20.8. The van der Waals surface area contributed by atoms with Gasteiger partial charge in [-0.1, -0.05) is 64.8 Å². The fourth-order valence-electron chi connectivity index (χ4n) is 8.68. The summed E-state index contributed by atoms with van der Waals surface area (Å²) in [6.07, 6.45) is 15.6. The van der Waals surface area contributed by atoms with E-state index in [1.54, 1.807) is 17.9 Å². The molecule has 54 heavy (non-hydrogen) atoms. The lowest BCUT2D eigenvalue weighted by Crippen LogP contribution is -2.63. The largest absolute Gasteiger partial charge is 0.457 e. The number of allylic oxidation sites excluding steroid dienone is 3. The van der Waals surface area contributed by atoms with E-state index in [1.807, 2.05) is 45.9 Å². The van der Waals surface area contributed by atoms with Gasteiger partial charge in [0.2, 0.25) is 0 Å². The van der Waals surface area contributed by atoms with Crippen LogP contribution in [0.15, 0.2) is 36.0 Å². The minimum absolute atomic E-state index is 0.0870. The van der Waals surface area contributed by atoms with Crippen LogP contribution in [0.1, 0.15) is 119 Å². The number of esters is 2. The number of quaternary nitrogens is 1. The van der Waals surface area contributed by atoms with Crippen LogP contribution in [0.4, 0.5) is 4.79 Å². The summed E-state index contributed by atoms with van der Waals surface area (Å²) in [4.78, 5) is 41.2. The third-order valence-electron chi connectivity index (χ3n) is 12.7. The second kappa shape index (κ2) is 19.9. The highest BCUT2D eigenvalue weighted by Crippen LogP contribution is 2.37. The number of nitrogens with zero attached hydrogens (tertiary/aromatic N) is 2. The molecule has 306 valence electrons. The van der Waals surface area contributed by atoms with Crippen molar-refractivity contribution in [1.29, 1.82) is 0 Å². The lowest BCUT2D eigenvalue weighted by atomic mass is 9.88. The molecule has 1 saturated carbocycles. The van der Waals surface area contributed by atoms with E-state index in [0.717, 1.165) is 29.6 Å². The molecular formula is C43H71N2O9+. The standard InChI is InChI=1S/C43H71N2O9/c1-9-36(48)32(5)41-37(52-41)27-29(2)15-14-16-30(3)40-31(4)19-20-38(51-33(6)46)43(7,22-21-35(47)28-39(49)53-40)54-42(50)44-23-25-45(8,26-24-44)34-17-12-10-11-13-18-34/h14-16,19-20,29,31-32,34-38,40-41,47-48H,9-13,17-18,21-28H2,1-8H3/q+1/b15-14+,20-19+,30-16+/t29-,31+,32-,35-,36+,37-,38+,40-,41-,43-/m1/s1. The Kier molecular flexibility index (Phi) is 16.2. The van der Waals surface area contributed by atoms with E-state index >= 15 is 0 Å².